The van der Waals surface area contributed by atoms with E-state index < -0.39 is 0 Å². The number of nitrogen functional groups attached to an aromatic ring is 1. The van der Waals surface area contributed by atoms with Crippen LogP contribution in [0, 0.1) is 0 Å². The Kier molecular flexibility index (Phi) is 4.75. The van der Waals surface area contributed by atoms with Crippen LogP contribution in [0.5, 0.6) is 0 Å². The summed E-state index contributed by atoms with van der Waals surface area (Å²) < 4.78 is 6.93. The van der Waals surface area contributed by atoms with Crippen LogP contribution in [0.3, 0.4) is 0 Å². The maximum absolute atomic E-state index is 11.9. The molecule has 7 heteroatoms. The van der Waals surface area contributed by atoms with Gasteiger partial charge < -0.3 is 15.8 Å². The Morgan fingerprint density at radius 3 is 2.89 bits per heavy atom. The van der Waals surface area contributed by atoms with Gasteiger partial charge in [0.15, 0.2) is 5.69 Å². The Balaban J connectivity index is 1.78. The molecule has 1 aliphatic rings. The summed E-state index contributed by atoms with van der Waals surface area (Å²) >= 11 is 0. The van der Waals surface area contributed by atoms with Crippen molar-refractivity contribution in [1.82, 2.24) is 20.0 Å². The van der Waals surface area contributed by atoms with Crippen molar-refractivity contribution in [3.05, 3.63) is 11.9 Å². The predicted octanol–water partition coefficient (Wildman–Crippen LogP) is -0.453. The van der Waals surface area contributed by atoms with Gasteiger partial charge in [0, 0.05) is 38.9 Å². The number of nitrogens with one attached hydrogen (secondary N) is 1. The number of hydrogen-bond donors (Lipinski definition) is 2. The van der Waals surface area contributed by atoms with Crippen molar-refractivity contribution < 1.29 is 9.53 Å². The maximum Gasteiger partial charge on any atom is 0.273 e. The Labute approximate surface area is 112 Å². The average Bonchev–Trinajstić information content (AvgIpc) is 2.81. The maximum atomic E-state index is 11.9. The van der Waals surface area contributed by atoms with Gasteiger partial charge in [-0.05, 0) is 6.92 Å². The van der Waals surface area contributed by atoms with Gasteiger partial charge in [0.2, 0.25) is 0 Å². The first-order valence-electron chi connectivity index (χ1n) is 6.62. The summed E-state index contributed by atoms with van der Waals surface area (Å²) in [5.74, 6) is -0.210. The second-order valence-corrected chi connectivity index (χ2v) is 4.50. The van der Waals surface area contributed by atoms with Crippen LogP contribution < -0.4 is 11.1 Å². The SMILES string of the molecule is CCn1cc(N)c(C(=O)NCCN2CCOCC2)n1. The van der Waals surface area contributed by atoms with Gasteiger partial charge in [-0.15, -0.1) is 0 Å². The molecule has 1 aromatic rings. The van der Waals surface area contributed by atoms with Crippen molar-refractivity contribution in [3.8, 4) is 0 Å². The zero-order chi connectivity index (χ0) is 13.7. The van der Waals surface area contributed by atoms with Crippen molar-refractivity contribution in [1.29, 1.82) is 0 Å². The number of rotatable bonds is 5. The number of aromatic nitrogens is 2. The highest BCUT2D eigenvalue weighted by Gasteiger charge is 2.15. The van der Waals surface area contributed by atoms with E-state index >= 15 is 0 Å². The van der Waals surface area contributed by atoms with E-state index in [2.05, 4.69) is 15.3 Å². The molecular weight excluding hydrogens is 246 g/mol. The van der Waals surface area contributed by atoms with Crippen LogP contribution in [-0.4, -0.2) is 60.0 Å². The fourth-order valence-electron chi connectivity index (χ4n) is 2.01. The highest BCUT2D eigenvalue weighted by Crippen LogP contribution is 2.08. The van der Waals surface area contributed by atoms with Gasteiger partial charge >= 0.3 is 0 Å². The Bertz CT molecular complexity index is 426. The standard InChI is InChI=1S/C12H21N5O2/c1-2-17-9-10(13)11(15-17)12(18)14-3-4-16-5-7-19-8-6-16/h9H,2-8,13H2,1H3,(H,14,18). The molecule has 1 saturated heterocycles. The van der Waals surface area contributed by atoms with Crippen LogP contribution in [0.25, 0.3) is 0 Å². The molecule has 3 N–H and O–H groups in total. The molecule has 1 aromatic heterocycles. The molecule has 0 saturated carbocycles. The van der Waals surface area contributed by atoms with Gasteiger partial charge in [0.25, 0.3) is 5.91 Å². The summed E-state index contributed by atoms with van der Waals surface area (Å²) in [7, 11) is 0. The van der Waals surface area contributed by atoms with Crippen LogP contribution in [0.4, 0.5) is 5.69 Å². The quantitative estimate of drug-likeness (QED) is 0.754. The molecular formula is C12H21N5O2. The summed E-state index contributed by atoms with van der Waals surface area (Å²) in [5, 5.41) is 6.99. The number of anilines is 1. The van der Waals surface area contributed by atoms with Gasteiger partial charge in [0.05, 0.1) is 18.9 Å². The molecule has 0 aromatic carbocycles. The van der Waals surface area contributed by atoms with Crippen LogP contribution in [0.2, 0.25) is 0 Å². The molecule has 0 unspecified atom stereocenters. The molecule has 1 aliphatic heterocycles. The van der Waals surface area contributed by atoms with E-state index in [0.29, 0.717) is 24.5 Å². The minimum Gasteiger partial charge on any atom is -0.396 e. The smallest absolute Gasteiger partial charge is 0.273 e. The second kappa shape index (κ2) is 6.53. The van der Waals surface area contributed by atoms with Crippen LogP contribution in [0.15, 0.2) is 6.20 Å². The lowest BCUT2D eigenvalue weighted by Gasteiger charge is -2.26. The first kappa shape index (κ1) is 13.8. The predicted molar refractivity (Wildman–Crippen MR) is 71.9 cm³/mol. The molecule has 1 fully saturated rings. The first-order chi connectivity index (χ1) is 9.20. The lowest BCUT2D eigenvalue weighted by Crippen LogP contribution is -2.41. The number of ether oxygens (including phenoxy) is 1. The van der Waals surface area contributed by atoms with Crippen molar-refractivity contribution in [2.45, 2.75) is 13.5 Å². The van der Waals surface area contributed by atoms with E-state index in [1.165, 1.54) is 0 Å². The zero-order valence-electron chi connectivity index (χ0n) is 11.3. The Morgan fingerprint density at radius 1 is 1.53 bits per heavy atom. The molecule has 7 nitrogen and oxygen atoms in total. The molecule has 0 bridgehead atoms. The normalized spacial score (nSPS) is 16.5. The monoisotopic (exact) mass is 267 g/mol. The van der Waals surface area contributed by atoms with Gasteiger partial charge in [-0.2, -0.15) is 5.10 Å². The fraction of sp³-hybridized carbons (Fsp3) is 0.667. The van der Waals surface area contributed by atoms with E-state index in [-0.39, 0.29) is 5.91 Å². The number of morpholine rings is 1. The zero-order valence-corrected chi connectivity index (χ0v) is 11.3. The molecule has 0 radical (unpaired) electrons. The van der Waals surface area contributed by atoms with Crippen LogP contribution in [0.1, 0.15) is 17.4 Å². The molecule has 19 heavy (non-hydrogen) atoms. The summed E-state index contributed by atoms with van der Waals surface area (Å²) in [6.45, 7) is 7.44. The van der Waals surface area contributed by atoms with E-state index in [9.17, 15) is 4.79 Å². The van der Waals surface area contributed by atoms with E-state index in [0.717, 1.165) is 32.8 Å². The molecule has 0 aliphatic carbocycles. The summed E-state index contributed by atoms with van der Waals surface area (Å²) in [6, 6.07) is 0. The van der Waals surface area contributed by atoms with Crippen molar-refractivity contribution in [3.63, 3.8) is 0 Å². The Morgan fingerprint density at radius 2 is 2.26 bits per heavy atom. The summed E-state index contributed by atoms with van der Waals surface area (Å²) in [5.41, 5.74) is 6.49. The number of carbonyl (C=O) groups is 1. The molecule has 0 spiro atoms. The topological polar surface area (TPSA) is 85.4 Å². The number of amides is 1. The summed E-state index contributed by atoms with van der Waals surface area (Å²) in [4.78, 5) is 14.2. The number of aryl methyl sites for hydroxylation is 1. The van der Waals surface area contributed by atoms with Crippen LogP contribution in [-0.2, 0) is 11.3 Å². The van der Waals surface area contributed by atoms with Gasteiger partial charge in [-0.3, -0.25) is 14.4 Å². The van der Waals surface area contributed by atoms with Gasteiger partial charge in [-0.1, -0.05) is 0 Å². The molecule has 2 rings (SSSR count). The molecule has 0 atom stereocenters. The summed E-state index contributed by atoms with van der Waals surface area (Å²) in [6.07, 6.45) is 1.68. The molecule has 2 heterocycles. The lowest BCUT2D eigenvalue weighted by atomic mass is 10.3. The lowest BCUT2D eigenvalue weighted by molar-refractivity contribution is 0.0383. The molecule has 1 amide bonds. The van der Waals surface area contributed by atoms with Crippen LogP contribution >= 0.6 is 0 Å². The van der Waals surface area contributed by atoms with Gasteiger partial charge in [0.1, 0.15) is 0 Å². The van der Waals surface area contributed by atoms with Crippen molar-refractivity contribution in [2.24, 2.45) is 0 Å². The third kappa shape index (κ3) is 3.68. The number of hydrogen-bond acceptors (Lipinski definition) is 5. The third-order valence-electron chi connectivity index (χ3n) is 3.15. The number of nitrogens with two attached hydrogens (primary N) is 1. The van der Waals surface area contributed by atoms with E-state index in [4.69, 9.17) is 10.5 Å². The highest BCUT2D eigenvalue weighted by molar-refractivity contribution is 5.96. The number of carbonyl (C=O) groups excluding carboxylic acids is 1. The largest absolute Gasteiger partial charge is 0.396 e. The Hall–Kier alpha value is -1.60. The van der Waals surface area contributed by atoms with Gasteiger partial charge in [-0.25, -0.2) is 0 Å². The van der Waals surface area contributed by atoms with E-state index in [1.807, 2.05) is 6.92 Å². The average molecular weight is 267 g/mol. The first-order valence-corrected chi connectivity index (χ1v) is 6.62. The highest BCUT2D eigenvalue weighted by atomic mass is 16.5. The number of nitrogens with zero attached hydrogens (tertiary/aromatic N) is 3. The second-order valence-electron chi connectivity index (χ2n) is 4.50. The minimum absolute atomic E-state index is 0.210. The third-order valence-corrected chi connectivity index (χ3v) is 3.15. The van der Waals surface area contributed by atoms with E-state index in [1.54, 1.807) is 10.9 Å². The fourth-order valence-corrected chi connectivity index (χ4v) is 2.01. The van der Waals surface area contributed by atoms with Crippen molar-refractivity contribution >= 4 is 11.6 Å². The molecule has 106 valence electrons. The van der Waals surface area contributed by atoms with Crippen molar-refractivity contribution in [2.75, 3.05) is 45.1 Å². The minimum atomic E-state index is -0.210.